The summed E-state index contributed by atoms with van der Waals surface area (Å²) in [4.78, 5) is 10.7. The van der Waals surface area contributed by atoms with Crippen molar-refractivity contribution in [2.45, 2.75) is 19.4 Å². The molecule has 1 aromatic heterocycles. The number of nitrogens with zero attached hydrogens (tertiary/aromatic N) is 3. The SMILES string of the molecule is CC(C)(N)CNc1cc(N2CCOCC2)ncn1. The van der Waals surface area contributed by atoms with Gasteiger partial charge in [-0.2, -0.15) is 0 Å². The molecule has 0 unspecified atom stereocenters. The molecule has 0 aliphatic carbocycles. The van der Waals surface area contributed by atoms with Crippen LogP contribution in [0.25, 0.3) is 0 Å². The smallest absolute Gasteiger partial charge is 0.134 e. The van der Waals surface area contributed by atoms with E-state index in [9.17, 15) is 0 Å². The van der Waals surface area contributed by atoms with E-state index in [1.807, 2.05) is 19.9 Å². The van der Waals surface area contributed by atoms with Crippen molar-refractivity contribution in [3.8, 4) is 0 Å². The van der Waals surface area contributed by atoms with E-state index in [1.54, 1.807) is 6.33 Å². The predicted molar refractivity (Wildman–Crippen MR) is 71.8 cm³/mol. The summed E-state index contributed by atoms with van der Waals surface area (Å²) in [7, 11) is 0. The molecule has 0 bridgehead atoms. The van der Waals surface area contributed by atoms with Gasteiger partial charge in [0.2, 0.25) is 0 Å². The second kappa shape index (κ2) is 5.49. The molecule has 100 valence electrons. The number of rotatable bonds is 4. The Morgan fingerprint density at radius 1 is 1.39 bits per heavy atom. The molecule has 1 saturated heterocycles. The quantitative estimate of drug-likeness (QED) is 0.810. The zero-order valence-corrected chi connectivity index (χ0v) is 11.0. The highest BCUT2D eigenvalue weighted by atomic mass is 16.5. The zero-order chi connectivity index (χ0) is 13.0. The van der Waals surface area contributed by atoms with Gasteiger partial charge < -0.3 is 20.7 Å². The van der Waals surface area contributed by atoms with Gasteiger partial charge in [0.1, 0.15) is 18.0 Å². The number of nitrogens with two attached hydrogens (primary N) is 1. The fourth-order valence-corrected chi connectivity index (χ4v) is 1.73. The molecule has 0 atom stereocenters. The van der Waals surface area contributed by atoms with Gasteiger partial charge in [-0.1, -0.05) is 0 Å². The summed E-state index contributed by atoms with van der Waals surface area (Å²) in [6, 6.07) is 1.96. The topological polar surface area (TPSA) is 76.3 Å². The van der Waals surface area contributed by atoms with E-state index in [0.717, 1.165) is 37.9 Å². The Labute approximate surface area is 108 Å². The van der Waals surface area contributed by atoms with E-state index in [1.165, 1.54) is 0 Å². The number of aromatic nitrogens is 2. The first-order valence-corrected chi connectivity index (χ1v) is 6.22. The maximum absolute atomic E-state index is 5.93. The molecule has 2 heterocycles. The molecule has 0 radical (unpaired) electrons. The average molecular weight is 251 g/mol. The van der Waals surface area contributed by atoms with Crippen LogP contribution in [0.2, 0.25) is 0 Å². The van der Waals surface area contributed by atoms with Crippen LogP contribution in [-0.2, 0) is 4.74 Å². The number of anilines is 2. The molecule has 0 spiro atoms. The van der Waals surface area contributed by atoms with Crippen molar-refractivity contribution in [3.05, 3.63) is 12.4 Å². The van der Waals surface area contributed by atoms with Gasteiger partial charge >= 0.3 is 0 Å². The Hall–Kier alpha value is -1.40. The van der Waals surface area contributed by atoms with E-state index in [2.05, 4.69) is 20.2 Å². The lowest BCUT2D eigenvalue weighted by Crippen LogP contribution is -2.40. The Morgan fingerprint density at radius 3 is 2.78 bits per heavy atom. The normalized spacial score (nSPS) is 16.7. The third kappa shape index (κ3) is 3.82. The largest absolute Gasteiger partial charge is 0.378 e. The summed E-state index contributed by atoms with van der Waals surface area (Å²) in [6.45, 7) is 7.88. The molecule has 0 saturated carbocycles. The maximum Gasteiger partial charge on any atom is 0.134 e. The molecule has 1 aromatic rings. The van der Waals surface area contributed by atoms with Crippen LogP contribution in [0.15, 0.2) is 12.4 Å². The van der Waals surface area contributed by atoms with Crippen LogP contribution in [0.1, 0.15) is 13.8 Å². The van der Waals surface area contributed by atoms with Gasteiger partial charge in [0.25, 0.3) is 0 Å². The number of morpholine rings is 1. The molecule has 1 fully saturated rings. The van der Waals surface area contributed by atoms with Gasteiger partial charge in [0.15, 0.2) is 0 Å². The highest BCUT2D eigenvalue weighted by Crippen LogP contribution is 2.15. The highest BCUT2D eigenvalue weighted by molar-refractivity contribution is 5.48. The second-order valence-electron chi connectivity index (χ2n) is 5.20. The lowest BCUT2D eigenvalue weighted by Gasteiger charge is -2.28. The third-order valence-corrected chi connectivity index (χ3v) is 2.71. The monoisotopic (exact) mass is 251 g/mol. The van der Waals surface area contributed by atoms with Crippen molar-refractivity contribution in [1.29, 1.82) is 0 Å². The first-order valence-electron chi connectivity index (χ1n) is 6.22. The van der Waals surface area contributed by atoms with Crippen LogP contribution in [-0.4, -0.2) is 48.4 Å². The van der Waals surface area contributed by atoms with E-state index in [0.29, 0.717) is 6.54 Å². The summed E-state index contributed by atoms with van der Waals surface area (Å²) in [5, 5.41) is 3.23. The molecule has 0 amide bonds. The minimum Gasteiger partial charge on any atom is -0.378 e. The maximum atomic E-state index is 5.93. The van der Waals surface area contributed by atoms with Crippen molar-refractivity contribution < 1.29 is 4.74 Å². The van der Waals surface area contributed by atoms with Crippen LogP contribution >= 0.6 is 0 Å². The van der Waals surface area contributed by atoms with Crippen LogP contribution in [0.3, 0.4) is 0 Å². The molecule has 2 rings (SSSR count). The van der Waals surface area contributed by atoms with E-state index in [-0.39, 0.29) is 5.54 Å². The van der Waals surface area contributed by atoms with E-state index >= 15 is 0 Å². The van der Waals surface area contributed by atoms with Crippen LogP contribution in [0.4, 0.5) is 11.6 Å². The van der Waals surface area contributed by atoms with Crippen molar-refractivity contribution in [1.82, 2.24) is 9.97 Å². The summed E-state index contributed by atoms with van der Waals surface area (Å²) in [5.41, 5.74) is 5.67. The van der Waals surface area contributed by atoms with Gasteiger partial charge in [-0.15, -0.1) is 0 Å². The Balaban J connectivity index is 2.00. The minimum atomic E-state index is -0.260. The van der Waals surface area contributed by atoms with Crippen LogP contribution < -0.4 is 16.0 Å². The standard InChI is InChI=1S/C12H21N5O/c1-12(2,13)8-14-10-7-11(16-9-15-10)17-3-5-18-6-4-17/h7,9H,3-6,8,13H2,1-2H3,(H,14,15,16). The molecule has 3 N–H and O–H groups in total. The Bertz CT molecular complexity index is 384. The van der Waals surface area contributed by atoms with Crippen LogP contribution in [0.5, 0.6) is 0 Å². The van der Waals surface area contributed by atoms with Gasteiger partial charge in [-0.25, -0.2) is 9.97 Å². The van der Waals surface area contributed by atoms with Gasteiger partial charge in [0, 0.05) is 31.2 Å². The second-order valence-corrected chi connectivity index (χ2v) is 5.20. The lowest BCUT2D eigenvalue weighted by atomic mass is 10.1. The molecule has 6 nitrogen and oxygen atoms in total. The van der Waals surface area contributed by atoms with Crippen molar-refractivity contribution in [3.63, 3.8) is 0 Å². The van der Waals surface area contributed by atoms with Gasteiger partial charge in [-0.3, -0.25) is 0 Å². The summed E-state index contributed by atoms with van der Waals surface area (Å²) < 4.78 is 5.33. The van der Waals surface area contributed by atoms with E-state index < -0.39 is 0 Å². The molecular formula is C12H21N5O. The summed E-state index contributed by atoms with van der Waals surface area (Å²) in [5.74, 6) is 1.75. The predicted octanol–water partition coefficient (Wildman–Crippen LogP) is 0.462. The van der Waals surface area contributed by atoms with Crippen LogP contribution in [0, 0.1) is 0 Å². The fraction of sp³-hybridized carbons (Fsp3) is 0.667. The van der Waals surface area contributed by atoms with Crippen molar-refractivity contribution in [2.75, 3.05) is 43.1 Å². The molecular weight excluding hydrogens is 230 g/mol. The Kier molecular flexibility index (Phi) is 3.98. The number of hydrogen-bond acceptors (Lipinski definition) is 6. The number of hydrogen-bond donors (Lipinski definition) is 2. The molecule has 1 aliphatic heterocycles. The first kappa shape index (κ1) is 13.0. The first-order chi connectivity index (χ1) is 8.54. The third-order valence-electron chi connectivity index (χ3n) is 2.71. The zero-order valence-electron chi connectivity index (χ0n) is 11.0. The molecule has 6 heteroatoms. The fourth-order valence-electron chi connectivity index (χ4n) is 1.73. The summed E-state index contributed by atoms with van der Waals surface area (Å²) in [6.07, 6.45) is 1.58. The highest BCUT2D eigenvalue weighted by Gasteiger charge is 2.14. The van der Waals surface area contributed by atoms with E-state index in [4.69, 9.17) is 10.5 Å². The average Bonchev–Trinajstić information content (AvgIpc) is 2.37. The van der Waals surface area contributed by atoms with Gasteiger partial charge in [-0.05, 0) is 13.8 Å². The summed E-state index contributed by atoms with van der Waals surface area (Å²) >= 11 is 0. The minimum absolute atomic E-state index is 0.260. The number of nitrogens with one attached hydrogen (secondary N) is 1. The molecule has 18 heavy (non-hydrogen) atoms. The lowest BCUT2D eigenvalue weighted by molar-refractivity contribution is 0.122. The Morgan fingerprint density at radius 2 is 2.11 bits per heavy atom. The molecule has 0 aromatic carbocycles. The van der Waals surface area contributed by atoms with Crippen molar-refractivity contribution >= 4 is 11.6 Å². The van der Waals surface area contributed by atoms with Gasteiger partial charge in [0.05, 0.1) is 13.2 Å². The van der Waals surface area contributed by atoms with Crippen molar-refractivity contribution in [2.24, 2.45) is 5.73 Å². The molecule has 1 aliphatic rings. The number of ether oxygens (including phenoxy) is 1.